The van der Waals surface area contributed by atoms with Crippen LogP contribution in [0.1, 0.15) is 12.8 Å². The molecule has 28 heavy (non-hydrogen) atoms. The fraction of sp³-hybridized carbons (Fsp3) is 0.333. The molecule has 2 heterocycles. The zero-order valence-corrected chi connectivity index (χ0v) is 16.4. The number of benzene rings is 1. The molecule has 0 saturated carbocycles. The van der Waals surface area contributed by atoms with E-state index in [0.29, 0.717) is 18.2 Å². The summed E-state index contributed by atoms with van der Waals surface area (Å²) in [6, 6.07) is 7.07. The van der Waals surface area contributed by atoms with Crippen LogP contribution in [0.15, 0.2) is 36.4 Å². The lowest BCUT2D eigenvalue weighted by molar-refractivity contribution is -0.144. The molecule has 1 atom stereocenters. The standard InChI is InChI=1S/C21H22ClN3O3/c1-27-21(26)19-14-28-13-12-24(19)20-17-6-4-2-3-5-7-18(17)25(23-20)16-10-8-15(22)9-11-16/h2,4,6-11,19H,3,5,12-14H2,1H3/b4-2+,17-6+,18-7+. The van der Waals surface area contributed by atoms with Gasteiger partial charge >= 0.3 is 5.97 Å². The molecular weight excluding hydrogens is 378 g/mol. The number of rotatable bonds is 3. The van der Waals surface area contributed by atoms with Crippen LogP contribution >= 0.6 is 11.6 Å². The third-order valence-electron chi connectivity index (χ3n) is 4.95. The summed E-state index contributed by atoms with van der Waals surface area (Å²) in [5, 5.41) is 7.58. The van der Waals surface area contributed by atoms with Crippen molar-refractivity contribution < 1.29 is 14.3 Å². The Labute approximate surface area is 168 Å². The van der Waals surface area contributed by atoms with E-state index < -0.39 is 6.04 Å². The van der Waals surface area contributed by atoms with Crippen LogP contribution in [-0.2, 0) is 14.3 Å². The quantitative estimate of drug-likeness (QED) is 0.737. The second kappa shape index (κ2) is 8.20. The largest absolute Gasteiger partial charge is 0.467 e. The van der Waals surface area contributed by atoms with Crippen molar-refractivity contribution in [3.8, 4) is 5.69 Å². The molecule has 2 aromatic rings. The Balaban J connectivity index is 1.91. The monoisotopic (exact) mass is 399 g/mol. The Hall–Kier alpha value is -2.57. The molecule has 0 bridgehead atoms. The molecule has 1 aromatic carbocycles. The van der Waals surface area contributed by atoms with Gasteiger partial charge in [-0.15, -0.1) is 5.10 Å². The number of morpholine rings is 1. The highest BCUT2D eigenvalue weighted by Crippen LogP contribution is 2.17. The van der Waals surface area contributed by atoms with Gasteiger partial charge in [-0.05, 0) is 43.2 Å². The second-order valence-electron chi connectivity index (χ2n) is 6.69. The molecule has 0 spiro atoms. The number of aromatic nitrogens is 2. The number of halogens is 1. The summed E-state index contributed by atoms with van der Waals surface area (Å²) < 4.78 is 12.4. The number of fused-ring (bicyclic) bond motifs is 1. The molecule has 146 valence electrons. The van der Waals surface area contributed by atoms with Crippen LogP contribution in [-0.4, -0.2) is 48.7 Å². The molecule has 7 heteroatoms. The Morgan fingerprint density at radius 3 is 2.89 bits per heavy atom. The minimum Gasteiger partial charge on any atom is -0.467 e. The Morgan fingerprint density at radius 1 is 1.29 bits per heavy atom. The van der Waals surface area contributed by atoms with Crippen LogP contribution in [0.2, 0.25) is 5.02 Å². The summed E-state index contributed by atoms with van der Waals surface area (Å²) in [7, 11) is 1.40. The maximum absolute atomic E-state index is 12.3. The lowest BCUT2D eigenvalue weighted by atomic mass is 10.1. The van der Waals surface area contributed by atoms with Gasteiger partial charge in [0.05, 0.1) is 31.4 Å². The minimum atomic E-state index is -0.515. The fourth-order valence-corrected chi connectivity index (χ4v) is 3.67. The van der Waals surface area contributed by atoms with Gasteiger partial charge in [-0.2, -0.15) is 0 Å². The van der Waals surface area contributed by atoms with Crippen LogP contribution < -0.4 is 15.5 Å². The maximum Gasteiger partial charge on any atom is 0.330 e. The predicted octanol–water partition coefficient (Wildman–Crippen LogP) is 1.81. The highest BCUT2D eigenvalue weighted by Gasteiger charge is 2.33. The van der Waals surface area contributed by atoms with Gasteiger partial charge in [0.1, 0.15) is 0 Å². The van der Waals surface area contributed by atoms with E-state index in [1.165, 1.54) is 7.11 Å². The van der Waals surface area contributed by atoms with E-state index in [0.717, 1.165) is 34.9 Å². The van der Waals surface area contributed by atoms with Crippen LogP contribution in [0.25, 0.3) is 17.8 Å². The maximum atomic E-state index is 12.3. The number of methoxy groups -OCH3 is 1. The van der Waals surface area contributed by atoms with Crippen LogP contribution in [0.3, 0.4) is 0 Å². The van der Waals surface area contributed by atoms with Crippen LogP contribution in [0, 0.1) is 0 Å². The number of anilines is 1. The first-order valence-electron chi connectivity index (χ1n) is 9.33. The summed E-state index contributed by atoms with van der Waals surface area (Å²) >= 11 is 6.06. The molecule has 6 nitrogen and oxygen atoms in total. The number of allylic oxidation sites excluding steroid dienone is 2. The molecule has 1 unspecified atom stereocenters. The van der Waals surface area contributed by atoms with Crippen molar-refractivity contribution in [2.24, 2.45) is 0 Å². The number of carbonyl (C=O) groups excluding carboxylic acids is 1. The van der Waals surface area contributed by atoms with Gasteiger partial charge in [0.25, 0.3) is 0 Å². The number of nitrogens with zero attached hydrogens (tertiary/aromatic N) is 3. The van der Waals surface area contributed by atoms with Crippen molar-refractivity contribution in [3.63, 3.8) is 0 Å². The smallest absolute Gasteiger partial charge is 0.330 e. The van der Waals surface area contributed by atoms with Crippen molar-refractivity contribution in [2.45, 2.75) is 18.9 Å². The van der Waals surface area contributed by atoms with E-state index in [1.807, 2.05) is 33.8 Å². The van der Waals surface area contributed by atoms with Gasteiger partial charge in [-0.3, -0.25) is 0 Å². The first kappa shape index (κ1) is 18.8. The molecule has 1 aromatic heterocycles. The molecule has 1 aliphatic heterocycles. The molecule has 4 rings (SSSR count). The normalized spacial score (nSPS) is 22.6. The lowest BCUT2D eigenvalue weighted by Crippen LogP contribution is -2.52. The third kappa shape index (κ3) is 3.57. The van der Waals surface area contributed by atoms with Gasteiger partial charge in [0.2, 0.25) is 0 Å². The SMILES string of the molecule is COC(=O)C1COCCN1c1nn(-c2ccc(Cl)cc2)c2/c1=C\C=C\CC\C=2. The van der Waals surface area contributed by atoms with Crippen molar-refractivity contribution >= 4 is 35.5 Å². The van der Waals surface area contributed by atoms with E-state index in [9.17, 15) is 4.79 Å². The van der Waals surface area contributed by atoms with Crippen LogP contribution in [0.5, 0.6) is 0 Å². The molecule has 0 radical (unpaired) electrons. The Bertz CT molecular complexity index is 1010. The first-order chi connectivity index (χ1) is 13.7. The van der Waals surface area contributed by atoms with E-state index in [-0.39, 0.29) is 12.6 Å². The lowest BCUT2D eigenvalue weighted by Gasteiger charge is -2.33. The molecule has 2 aliphatic rings. The Morgan fingerprint density at radius 2 is 2.11 bits per heavy atom. The van der Waals surface area contributed by atoms with Crippen molar-refractivity contribution in [1.29, 1.82) is 0 Å². The average molecular weight is 400 g/mol. The van der Waals surface area contributed by atoms with Gasteiger partial charge < -0.3 is 14.4 Å². The summed E-state index contributed by atoms with van der Waals surface area (Å²) in [4.78, 5) is 14.3. The number of ether oxygens (including phenoxy) is 2. The highest BCUT2D eigenvalue weighted by atomic mass is 35.5. The minimum absolute atomic E-state index is 0.287. The van der Waals surface area contributed by atoms with Gasteiger partial charge in [0, 0.05) is 16.8 Å². The molecule has 1 saturated heterocycles. The summed E-state index contributed by atoms with van der Waals surface area (Å²) in [5.41, 5.74) is 0.920. The van der Waals surface area contributed by atoms with E-state index in [2.05, 4.69) is 24.3 Å². The first-order valence-corrected chi connectivity index (χ1v) is 9.71. The van der Waals surface area contributed by atoms with E-state index in [4.69, 9.17) is 26.2 Å². The van der Waals surface area contributed by atoms with Crippen molar-refractivity contribution in [3.05, 3.63) is 52.0 Å². The van der Waals surface area contributed by atoms with E-state index >= 15 is 0 Å². The topological polar surface area (TPSA) is 56.6 Å². The van der Waals surface area contributed by atoms with E-state index in [1.54, 1.807) is 0 Å². The molecule has 1 aliphatic carbocycles. The molecule has 1 fully saturated rings. The summed E-state index contributed by atoms with van der Waals surface area (Å²) in [6.07, 6.45) is 10.3. The van der Waals surface area contributed by atoms with Gasteiger partial charge in [-0.25, -0.2) is 9.48 Å². The fourth-order valence-electron chi connectivity index (χ4n) is 3.54. The number of hydrogen-bond acceptors (Lipinski definition) is 5. The molecular formula is C21H22ClN3O3. The number of carbonyl (C=O) groups is 1. The second-order valence-corrected chi connectivity index (χ2v) is 7.13. The number of esters is 1. The molecule has 0 amide bonds. The predicted molar refractivity (Wildman–Crippen MR) is 109 cm³/mol. The molecule has 0 N–H and O–H groups in total. The average Bonchev–Trinajstić information content (AvgIpc) is 3.05. The Kier molecular flexibility index (Phi) is 5.50. The third-order valence-corrected chi connectivity index (χ3v) is 5.21. The van der Waals surface area contributed by atoms with Crippen LogP contribution in [0.4, 0.5) is 5.82 Å². The van der Waals surface area contributed by atoms with Crippen molar-refractivity contribution in [2.75, 3.05) is 31.8 Å². The summed E-state index contributed by atoms with van der Waals surface area (Å²) in [6.45, 7) is 1.39. The zero-order valence-electron chi connectivity index (χ0n) is 15.7. The van der Waals surface area contributed by atoms with Gasteiger partial charge in [0.15, 0.2) is 11.9 Å². The zero-order chi connectivity index (χ0) is 19.5. The summed E-state index contributed by atoms with van der Waals surface area (Å²) in [5.74, 6) is 0.436. The van der Waals surface area contributed by atoms with Crippen molar-refractivity contribution in [1.82, 2.24) is 9.78 Å². The van der Waals surface area contributed by atoms with Gasteiger partial charge in [-0.1, -0.05) is 29.8 Å². The highest BCUT2D eigenvalue weighted by molar-refractivity contribution is 6.30. The number of hydrogen-bond donors (Lipinski definition) is 0.